The summed E-state index contributed by atoms with van der Waals surface area (Å²) >= 11 is 1.86. The van der Waals surface area contributed by atoms with Crippen molar-refractivity contribution in [3.8, 4) is 0 Å². The number of H-pyrrole nitrogens is 1. The third-order valence-corrected chi connectivity index (χ3v) is 4.38. The van der Waals surface area contributed by atoms with Gasteiger partial charge in [0, 0.05) is 11.8 Å². The Balaban J connectivity index is 2.16. The maximum Gasteiger partial charge on any atom is 0.326 e. The fourth-order valence-corrected chi connectivity index (χ4v) is 3.51. The molecule has 1 aromatic carbocycles. The molecule has 3 nitrogen and oxygen atoms in total. The van der Waals surface area contributed by atoms with Gasteiger partial charge in [-0.05, 0) is 36.8 Å². The Morgan fingerprint density at radius 1 is 1.47 bits per heavy atom. The summed E-state index contributed by atoms with van der Waals surface area (Å²) in [6.45, 7) is 0. The zero-order valence-corrected chi connectivity index (χ0v) is 10.1. The summed E-state index contributed by atoms with van der Waals surface area (Å²) in [6, 6.07) is 4.63. The van der Waals surface area contributed by atoms with E-state index < -0.39 is 0 Å². The van der Waals surface area contributed by atoms with E-state index in [1.54, 1.807) is 10.6 Å². The summed E-state index contributed by atoms with van der Waals surface area (Å²) in [7, 11) is 0. The summed E-state index contributed by atoms with van der Waals surface area (Å²) in [6.07, 6.45) is 2.11. The first-order chi connectivity index (χ1) is 8.25. The van der Waals surface area contributed by atoms with Crippen LogP contribution < -0.4 is 5.69 Å². The zero-order valence-electron chi connectivity index (χ0n) is 9.28. The Bertz CT molecular complexity index is 598. The number of rotatable bonds is 1. The van der Waals surface area contributed by atoms with Gasteiger partial charge in [0.05, 0.1) is 11.0 Å². The predicted molar refractivity (Wildman–Crippen MR) is 68.1 cm³/mol. The van der Waals surface area contributed by atoms with E-state index in [1.165, 1.54) is 12.1 Å². The molecule has 2 aromatic rings. The molecule has 5 heteroatoms. The number of nitrogens with one attached hydrogen (secondary N) is 1. The molecular weight excluding hydrogens is 239 g/mol. The molecule has 1 N–H and O–H groups in total. The van der Waals surface area contributed by atoms with Crippen molar-refractivity contribution in [2.24, 2.45) is 0 Å². The second kappa shape index (κ2) is 4.22. The molecule has 1 saturated heterocycles. The first kappa shape index (κ1) is 10.9. The van der Waals surface area contributed by atoms with E-state index in [4.69, 9.17) is 0 Å². The van der Waals surface area contributed by atoms with Gasteiger partial charge in [0.1, 0.15) is 5.82 Å². The van der Waals surface area contributed by atoms with E-state index in [1.807, 2.05) is 11.8 Å². The van der Waals surface area contributed by atoms with Crippen LogP contribution in [0, 0.1) is 5.82 Å². The van der Waals surface area contributed by atoms with Crippen LogP contribution in [0.5, 0.6) is 0 Å². The molecule has 0 amide bonds. The number of hydrogen-bond acceptors (Lipinski definition) is 2. The number of fused-ring (bicyclic) bond motifs is 1. The molecule has 90 valence electrons. The van der Waals surface area contributed by atoms with Crippen molar-refractivity contribution in [2.45, 2.75) is 18.9 Å². The molecule has 0 radical (unpaired) electrons. The second-order valence-electron chi connectivity index (χ2n) is 4.33. The SMILES string of the molecule is O=c1[nH]c2ccc(F)cc2n1C1CCCSC1. The van der Waals surface area contributed by atoms with Gasteiger partial charge in [-0.15, -0.1) is 0 Å². The van der Waals surface area contributed by atoms with Crippen LogP contribution in [0.1, 0.15) is 18.9 Å². The largest absolute Gasteiger partial charge is 0.326 e. The number of aromatic nitrogens is 2. The van der Waals surface area contributed by atoms with Gasteiger partial charge in [0.15, 0.2) is 0 Å². The van der Waals surface area contributed by atoms with Gasteiger partial charge in [-0.3, -0.25) is 4.57 Å². The van der Waals surface area contributed by atoms with Gasteiger partial charge in [-0.2, -0.15) is 11.8 Å². The lowest BCUT2D eigenvalue weighted by Gasteiger charge is -2.22. The van der Waals surface area contributed by atoms with Gasteiger partial charge in [0.2, 0.25) is 0 Å². The lowest BCUT2D eigenvalue weighted by molar-refractivity contribution is 0.498. The van der Waals surface area contributed by atoms with Gasteiger partial charge in [-0.1, -0.05) is 0 Å². The van der Waals surface area contributed by atoms with Crippen LogP contribution in [0.15, 0.2) is 23.0 Å². The number of halogens is 1. The van der Waals surface area contributed by atoms with Crippen molar-refractivity contribution < 1.29 is 4.39 Å². The molecular formula is C12H13FN2OS. The molecule has 17 heavy (non-hydrogen) atoms. The highest BCUT2D eigenvalue weighted by Crippen LogP contribution is 2.28. The van der Waals surface area contributed by atoms with Gasteiger partial charge in [-0.25, -0.2) is 9.18 Å². The Morgan fingerprint density at radius 3 is 3.12 bits per heavy atom. The summed E-state index contributed by atoms with van der Waals surface area (Å²) in [4.78, 5) is 14.7. The van der Waals surface area contributed by atoms with Crippen LogP contribution >= 0.6 is 11.8 Å². The number of imidazole rings is 1. The van der Waals surface area contributed by atoms with Crippen LogP contribution in [0.4, 0.5) is 4.39 Å². The third-order valence-electron chi connectivity index (χ3n) is 3.18. The number of benzene rings is 1. The van der Waals surface area contributed by atoms with Crippen LogP contribution in [-0.4, -0.2) is 21.1 Å². The van der Waals surface area contributed by atoms with Crippen LogP contribution in [-0.2, 0) is 0 Å². The highest BCUT2D eigenvalue weighted by Gasteiger charge is 2.20. The molecule has 0 aliphatic carbocycles. The minimum atomic E-state index is -0.297. The summed E-state index contributed by atoms with van der Waals surface area (Å²) in [5.74, 6) is 1.79. The van der Waals surface area contributed by atoms with Gasteiger partial charge in [0.25, 0.3) is 0 Å². The molecule has 1 aromatic heterocycles. The zero-order chi connectivity index (χ0) is 11.8. The minimum Gasteiger partial charge on any atom is -0.306 e. The average Bonchev–Trinajstić information content (AvgIpc) is 2.65. The first-order valence-electron chi connectivity index (χ1n) is 5.73. The Hall–Kier alpha value is -1.23. The smallest absolute Gasteiger partial charge is 0.306 e. The third kappa shape index (κ3) is 1.88. The number of nitrogens with zero attached hydrogens (tertiary/aromatic N) is 1. The summed E-state index contributed by atoms with van der Waals surface area (Å²) < 4.78 is 15.0. The van der Waals surface area contributed by atoms with E-state index >= 15 is 0 Å². The summed E-state index contributed by atoms with van der Waals surface area (Å²) in [5.41, 5.74) is 1.27. The minimum absolute atomic E-state index is 0.127. The quantitative estimate of drug-likeness (QED) is 0.847. The van der Waals surface area contributed by atoms with E-state index in [9.17, 15) is 9.18 Å². The Labute approximate surface area is 102 Å². The van der Waals surface area contributed by atoms with Crippen molar-refractivity contribution in [1.82, 2.24) is 9.55 Å². The van der Waals surface area contributed by atoms with Crippen molar-refractivity contribution >= 4 is 22.8 Å². The van der Waals surface area contributed by atoms with Crippen molar-refractivity contribution in [2.75, 3.05) is 11.5 Å². The molecule has 1 unspecified atom stereocenters. The molecule has 2 heterocycles. The van der Waals surface area contributed by atoms with Crippen molar-refractivity contribution in [3.63, 3.8) is 0 Å². The Morgan fingerprint density at radius 2 is 2.35 bits per heavy atom. The van der Waals surface area contributed by atoms with E-state index in [-0.39, 0.29) is 17.5 Å². The van der Waals surface area contributed by atoms with Crippen LogP contribution in [0.25, 0.3) is 11.0 Å². The number of thioether (sulfide) groups is 1. The predicted octanol–water partition coefficient (Wildman–Crippen LogP) is 2.54. The number of hydrogen-bond donors (Lipinski definition) is 1. The topological polar surface area (TPSA) is 37.8 Å². The van der Waals surface area contributed by atoms with Crippen LogP contribution in [0.2, 0.25) is 0 Å². The molecule has 0 spiro atoms. The second-order valence-corrected chi connectivity index (χ2v) is 5.48. The van der Waals surface area contributed by atoms with E-state index in [0.29, 0.717) is 11.0 Å². The van der Waals surface area contributed by atoms with E-state index in [2.05, 4.69) is 4.98 Å². The molecule has 0 bridgehead atoms. The summed E-state index contributed by atoms with van der Waals surface area (Å²) in [5, 5.41) is 0. The standard InChI is InChI=1S/C12H13FN2OS/c13-8-3-4-10-11(6-8)15(12(16)14-10)9-2-1-5-17-7-9/h3-4,6,9H,1-2,5,7H2,(H,14,16). The highest BCUT2D eigenvalue weighted by molar-refractivity contribution is 7.99. The van der Waals surface area contributed by atoms with Gasteiger partial charge >= 0.3 is 5.69 Å². The Kier molecular flexibility index (Phi) is 2.70. The molecule has 1 fully saturated rings. The van der Waals surface area contributed by atoms with E-state index in [0.717, 1.165) is 24.3 Å². The van der Waals surface area contributed by atoms with Gasteiger partial charge < -0.3 is 4.98 Å². The maximum atomic E-state index is 13.3. The normalized spacial score (nSPS) is 20.9. The molecule has 1 aliphatic rings. The molecule has 1 atom stereocenters. The fourth-order valence-electron chi connectivity index (χ4n) is 2.38. The first-order valence-corrected chi connectivity index (χ1v) is 6.89. The van der Waals surface area contributed by atoms with Crippen molar-refractivity contribution in [3.05, 3.63) is 34.5 Å². The fraction of sp³-hybridized carbons (Fsp3) is 0.417. The van der Waals surface area contributed by atoms with Crippen LogP contribution in [0.3, 0.4) is 0 Å². The lowest BCUT2D eigenvalue weighted by atomic mass is 10.2. The lowest BCUT2D eigenvalue weighted by Crippen LogP contribution is -2.25. The highest BCUT2D eigenvalue weighted by atomic mass is 32.2. The molecule has 0 saturated carbocycles. The maximum absolute atomic E-state index is 13.3. The average molecular weight is 252 g/mol. The monoisotopic (exact) mass is 252 g/mol. The molecule has 1 aliphatic heterocycles. The molecule has 3 rings (SSSR count). The number of aromatic amines is 1. The van der Waals surface area contributed by atoms with Crippen molar-refractivity contribution in [1.29, 1.82) is 0 Å².